The number of pyridine rings is 1. The molecule has 0 amide bonds. The number of nitrogens with one attached hydrogen (secondary N) is 1. The van der Waals surface area contributed by atoms with Gasteiger partial charge in [0.05, 0.1) is 7.11 Å². The summed E-state index contributed by atoms with van der Waals surface area (Å²) in [7, 11) is -2.38. The van der Waals surface area contributed by atoms with E-state index >= 15 is 0 Å². The fourth-order valence-electron chi connectivity index (χ4n) is 2.47. The summed E-state index contributed by atoms with van der Waals surface area (Å²) in [5.74, 6) is 0.823. The summed E-state index contributed by atoms with van der Waals surface area (Å²) in [5, 5.41) is 1.26. The standard InChI is InChI=1S/C18H17ClN2O4S/c1-24-15-8-7-14(19)12-17(15)26(22,23)21-10-11-25-16-6-2-4-13-5-3-9-20-18(13)16/h2-9,12,21H,10-11H2,1H3. The van der Waals surface area contributed by atoms with Gasteiger partial charge in [0.15, 0.2) is 0 Å². The fraction of sp³-hybridized carbons (Fsp3) is 0.167. The molecule has 0 saturated heterocycles. The summed E-state index contributed by atoms with van der Waals surface area (Å²) < 4.78 is 38.2. The molecule has 1 N–H and O–H groups in total. The highest BCUT2D eigenvalue weighted by atomic mass is 35.5. The number of sulfonamides is 1. The Hall–Kier alpha value is -2.35. The van der Waals surface area contributed by atoms with E-state index in [4.69, 9.17) is 21.1 Å². The van der Waals surface area contributed by atoms with Crippen LogP contribution in [0.5, 0.6) is 11.5 Å². The van der Waals surface area contributed by atoms with Crippen LogP contribution in [0.4, 0.5) is 0 Å². The molecule has 3 rings (SSSR count). The highest BCUT2D eigenvalue weighted by Gasteiger charge is 2.19. The molecule has 6 nitrogen and oxygen atoms in total. The number of para-hydroxylation sites is 1. The van der Waals surface area contributed by atoms with Crippen molar-refractivity contribution in [2.75, 3.05) is 20.3 Å². The third-order valence-electron chi connectivity index (χ3n) is 3.66. The van der Waals surface area contributed by atoms with Gasteiger partial charge in [-0.2, -0.15) is 0 Å². The van der Waals surface area contributed by atoms with Crippen molar-refractivity contribution >= 4 is 32.5 Å². The molecule has 0 atom stereocenters. The van der Waals surface area contributed by atoms with E-state index in [0.29, 0.717) is 10.8 Å². The Morgan fingerprint density at radius 3 is 2.73 bits per heavy atom. The quantitative estimate of drug-likeness (QED) is 0.624. The highest BCUT2D eigenvalue weighted by Crippen LogP contribution is 2.27. The maximum atomic E-state index is 12.5. The smallest absolute Gasteiger partial charge is 0.244 e. The zero-order valence-electron chi connectivity index (χ0n) is 14.0. The first-order valence-corrected chi connectivity index (χ1v) is 9.67. The lowest BCUT2D eigenvalue weighted by Gasteiger charge is -2.12. The van der Waals surface area contributed by atoms with Crippen LogP contribution >= 0.6 is 11.6 Å². The molecule has 0 aliphatic rings. The van der Waals surface area contributed by atoms with Gasteiger partial charge in [0.1, 0.15) is 28.5 Å². The Morgan fingerprint density at radius 2 is 1.92 bits per heavy atom. The third kappa shape index (κ3) is 4.07. The largest absolute Gasteiger partial charge is 0.495 e. The van der Waals surface area contributed by atoms with Crippen LogP contribution in [0.15, 0.2) is 59.6 Å². The average molecular weight is 393 g/mol. The molecule has 0 unspecified atom stereocenters. The van der Waals surface area contributed by atoms with Crippen LogP contribution in [-0.4, -0.2) is 33.7 Å². The van der Waals surface area contributed by atoms with E-state index in [9.17, 15) is 8.42 Å². The number of halogens is 1. The SMILES string of the molecule is COc1ccc(Cl)cc1S(=O)(=O)NCCOc1cccc2cccnc12. The molecule has 136 valence electrons. The summed E-state index contributed by atoms with van der Waals surface area (Å²) in [6.07, 6.45) is 1.68. The van der Waals surface area contributed by atoms with Crippen LogP contribution in [-0.2, 0) is 10.0 Å². The van der Waals surface area contributed by atoms with E-state index in [0.717, 1.165) is 10.9 Å². The second-order valence-corrected chi connectivity index (χ2v) is 7.54. The molecule has 0 aliphatic heterocycles. The van der Waals surface area contributed by atoms with Crippen molar-refractivity contribution < 1.29 is 17.9 Å². The molecule has 0 bridgehead atoms. The topological polar surface area (TPSA) is 77.5 Å². The number of fused-ring (bicyclic) bond motifs is 1. The van der Waals surface area contributed by atoms with E-state index in [1.807, 2.05) is 24.3 Å². The summed E-state index contributed by atoms with van der Waals surface area (Å²) in [6, 6.07) is 13.8. The van der Waals surface area contributed by atoms with Crippen LogP contribution in [0.3, 0.4) is 0 Å². The van der Waals surface area contributed by atoms with Crippen molar-refractivity contribution in [2.24, 2.45) is 0 Å². The van der Waals surface area contributed by atoms with Gasteiger partial charge >= 0.3 is 0 Å². The van der Waals surface area contributed by atoms with Crippen molar-refractivity contribution in [1.29, 1.82) is 0 Å². The van der Waals surface area contributed by atoms with Gasteiger partial charge < -0.3 is 9.47 Å². The predicted octanol–water partition coefficient (Wildman–Crippen LogP) is 3.25. The molecule has 2 aromatic carbocycles. The number of benzene rings is 2. The Labute approximate surface area is 156 Å². The van der Waals surface area contributed by atoms with E-state index in [-0.39, 0.29) is 23.8 Å². The van der Waals surface area contributed by atoms with E-state index in [2.05, 4.69) is 9.71 Å². The van der Waals surface area contributed by atoms with E-state index < -0.39 is 10.0 Å². The number of aromatic nitrogens is 1. The van der Waals surface area contributed by atoms with Gasteiger partial charge in [0.2, 0.25) is 10.0 Å². The van der Waals surface area contributed by atoms with Crippen molar-refractivity contribution in [3.05, 3.63) is 59.8 Å². The van der Waals surface area contributed by atoms with Gasteiger partial charge in [-0.1, -0.05) is 29.8 Å². The zero-order chi connectivity index (χ0) is 18.6. The van der Waals surface area contributed by atoms with Gasteiger partial charge in [-0.25, -0.2) is 13.1 Å². The molecule has 0 fully saturated rings. The van der Waals surface area contributed by atoms with Gasteiger partial charge in [-0.3, -0.25) is 4.98 Å². The van der Waals surface area contributed by atoms with Crippen molar-refractivity contribution in [3.8, 4) is 11.5 Å². The second kappa shape index (κ2) is 7.90. The van der Waals surface area contributed by atoms with Gasteiger partial charge in [0.25, 0.3) is 0 Å². The lowest BCUT2D eigenvalue weighted by atomic mass is 10.2. The van der Waals surface area contributed by atoms with Gasteiger partial charge in [-0.15, -0.1) is 0 Å². The summed E-state index contributed by atoms with van der Waals surface area (Å²) in [4.78, 5) is 4.28. The van der Waals surface area contributed by atoms with Crippen LogP contribution in [0.1, 0.15) is 0 Å². The van der Waals surface area contributed by atoms with Crippen LogP contribution in [0.25, 0.3) is 10.9 Å². The van der Waals surface area contributed by atoms with Crippen LogP contribution in [0.2, 0.25) is 5.02 Å². The zero-order valence-corrected chi connectivity index (χ0v) is 15.5. The third-order valence-corrected chi connectivity index (χ3v) is 5.38. The molecule has 0 saturated carbocycles. The first-order chi connectivity index (χ1) is 12.5. The average Bonchev–Trinajstić information content (AvgIpc) is 2.65. The Morgan fingerprint density at radius 1 is 1.12 bits per heavy atom. The molecule has 0 radical (unpaired) electrons. The predicted molar refractivity (Wildman–Crippen MR) is 100 cm³/mol. The summed E-state index contributed by atoms with van der Waals surface area (Å²) >= 11 is 5.90. The molecule has 26 heavy (non-hydrogen) atoms. The second-order valence-electron chi connectivity index (χ2n) is 5.37. The number of methoxy groups -OCH3 is 1. The first-order valence-electron chi connectivity index (χ1n) is 7.81. The highest BCUT2D eigenvalue weighted by molar-refractivity contribution is 7.89. The minimum absolute atomic E-state index is 0.0145. The van der Waals surface area contributed by atoms with Crippen molar-refractivity contribution in [2.45, 2.75) is 4.90 Å². The molecule has 0 aliphatic carbocycles. The molecule has 8 heteroatoms. The normalized spacial score (nSPS) is 11.5. The lowest BCUT2D eigenvalue weighted by molar-refractivity contribution is 0.326. The number of rotatable bonds is 7. The Balaban J connectivity index is 1.67. The van der Waals surface area contributed by atoms with Crippen molar-refractivity contribution in [3.63, 3.8) is 0 Å². The number of ether oxygens (including phenoxy) is 2. The summed E-state index contributed by atoms with van der Waals surface area (Å²) in [6.45, 7) is 0.235. The molecule has 1 heterocycles. The summed E-state index contributed by atoms with van der Waals surface area (Å²) in [5.41, 5.74) is 0.731. The molecule has 0 spiro atoms. The minimum atomic E-state index is -3.78. The van der Waals surface area contributed by atoms with Gasteiger partial charge in [-0.05, 0) is 30.3 Å². The van der Waals surface area contributed by atoms with Crippen molar-refractivity contribution in [1.82, 2.24) is 9.71 Å². The minimum Gasteiger partial charge on any atom is -0.495 e. The Kier molecular flexibility index (Phi) is 5.61. The maximum Gasteiger partial charge on any atom is 0.244 e. The fourth-order valence-corrected chi connectivity index (χ4v) is 3.91. The van der Waals surface area contributed by atoms with E-state index in [1.54, 1.807) is 18.3 Å². The Bertz CT molecular complexity index is 1020. The van der Waals surface area contributed by atoms with Crippen LogP contribution in [0, 0.1) is 0 Å². The number of nitrogens with zero attached hydrogens (tertiary/aromatic N) is 1. The molecular formula is C18H17ClN2O4S. The molecule has 1 aromatic heterocycles. The maximum absolute atomic E-state index is 12.5. The van der Waals surface area contributed by atoms with Gasteiger partial charge in [0, 0.05) is 23.2 Å². The molecular weight excluding hydrogens is 376 g/mol. The van der Waals surface area contributed by atoms with Crippen LogP contribution < -0.4 is 14.2 Å². The van der Waals surface area contributed by atoms with E-state index in [1.165, 1.54) is 19.2 Å². The first kappa shape index (κ1) is 18.4. The number of hydrogen-bond acceptors (Lipinski definition) is 5. The molecule has 3 aromatic rings. The number of hydrogen-bond donors (Lipinski definition) is 1. The lowest BCUT2D eigenvalue weighted by Crippen LogP contribution is -2.28. The monoisotopic (exact) mass is 392 g/mol.